The number of carboxylic acid groups (broad SMARTS) is 1. The molecule has 0 aromatic carbocycles. The number of aryl methyl sites for hydroxylation is 1. The number of aromatic carboxylic acids is 1. The fraction of sp³-hybridized carbons (Fsp3) is 0.267. The average Bonchev–Trinajstić information content (AvgIpc) is 2.47. The lowest BCUT2D eigenvalue weighted by molar-refractivity contribution is 0.0695. The molecule has 23 heavy (non-hydrogen) atoms. The molecule has 1 atom stereocenters. The largest absolute Gasteiger partial charge is 0.478 e. The Labute approximate surface area is 134 Å². The number of pyridine rings is 2. The first-order chi connectivity index (χ1) is 10.8. The molecule has 0 spiro atoms. The van der Waals surface area contributed by atoms with Gasteiger partial charge in [-0.05, 0) is 32.0 Å². The van der Waals surface area contributed by atoms with Gasteiger partial charge in [-0.2, -0.15) is 0 Å². The second kappa shape index (κ2) is 6.84. The van der Waals surface area contributed by atoms with Gasteiger partial charge in [0.1, 0.15) is 4.90 Å². The van der Waals surface area contributed by atoms with E-state index < -0.39 is 22.0 Å². The predicted molar refractivity (Wildman–Crippen MR) is 83.7 cm³/mol. The highest BCUT2D eigenvalue weighted by molar-refractivity contribution is 7.89. The summed E-state index contributed by atoms with van der Waals surface area (Å²) in [5.41, 5.74) is 0.888. The maximum absolute atomic E-state index is 12.4. The van der Waals surface area contributed by atoms with Crippen LogP contribution in [0.15, 0.2) is 41.6 Å². The molecule has 7 nitrogen and oxygen atoms in total. The zero-order valence-corrected chi connectivity index (χ0v) is 13.5. The summed E-state index contributed by atoms with van der Waals surface area (Å²) in [6.45, 7) is 3.23. The van der Waals surface area contributed by atoms with Crippen LogP contribution in [0, 0.1) is 6.92 Å². The summed E-state index contributed by atoms with van der Waals surface area (Å²) in [4.78, 5) is 18.9. The minimum atomic E-state index is -3.86. The predicted octanol–water partition coefficient (Wildman–Crippen LogP) is 1.39. The quantitative estimate of drug-likeness (QED) is 0.825. The van der Waals surface area contributed by atoms with Crippen molar-refractivity contribution >= 4 is 16.0 Å². The van der Waals surface area contributed by atoms with Crippen molar-refractivity contribution in [1.29, 1.82) is 0 Å². The van der Waals surface area contributed by atoms with E-state index in [0.717, 1.165) is 18.0 Å². The number of nitrogens with zero attached hydrogens (tertiary/aromatic N) is 2. The Morgan fingerprint density at radius 3 is 2.70 bits per heavy atom. The van der Waals surface area contributed by atoms with Crippen LogP contribution in [0.1, 0.15) is 28.7 Å². The molecule has 2 heterocycles. The highest BCUT2D eigenvalue weighted by Crippen LogP contribution is 2.14. The van der Waals surface area contributed by atoms with Crippen LogP contribution in [0.2, 0.25) is 0 Å². The van der Waals surface area contributed by atoms with Gasteiger partial charge < -0.3 is 5.11 Å². The van der Waals surface area contributed by atoms with Crippen molar-refractivity contribution < 1.29 is 18.3 Å². The van der Waals surface area contributed by atoms with E-state index in [1.54, 1.807) is 25.3 Å². The number of sulfonamides is 1. The summed E-state index contributed by atoms with van der Waals surface area (Å²) >= 11 is 0. The van der Waals surface area contributed by atoms with Gasteiger partial charge in [-0.3, -0.25) is 9.97 Å². The van der Waals surface area contributed by atoms with Gasteiger partial charge in [0.05, 0.1) is 11.3 Å². The molecule has 0 fully saturated rings. The van der Waals surface area contributed by atoms with Gasteiger partial charge in [0.2, 0.25) is 10.0 Å². The lowest BCUT2D eigenvalue weighted by Gasteiger charge is -2.14. The van der Waals surface area contributed by atoms with Crippen LogP contribution in [0.3, 0.4) is 0 Å². The van der Waals surface area contributed by atoms with Crippen LogP contribution in [0.25, 0.3) is 0 Å². The molecule has 0 radical (unpaired) electrons. The molecule has 2 aromatic heterocycles. The number of hydrogen-bond donors (Lipinski definition) is 2. The van der Waals surface area contributed by atoms with Crippen molar-refractivity contribution in [2.45, 2.75) is 31.2 Å². The number of rotatable bonds is 6. The molecule has 1 unspecified atom stereocenters. The fourth-order valence-electron chi connectivity index (χ4n) is 2.08. The molecule has 0 bridgehead atoms. The van der Waals surface area contributed by atoms with Crippen molar-refractivity contribution in [3.63, 3.8) is 0 Å². The molecule has 8 heteroatoms. The first-order valence-electron chi connectivity index (χ1n) is 6.92. The van der Waals surface area contributed by atoms with Crippen molar-refractivity contribution in [2.75, 3.05) is 0 Å². The van der Waals surface area contributed by atoms with Crippen LogP contribution in [0.4, 0.5) is 0 Å². The molecule has 2 rings (SSSR count). The van der Waals surface area contributed by atoms with Crippen molar-refractivity contribution in [1.82, 2.24) is 14.7 Å². The lowest BCUT2D eigenvalue weighted by atomic mass is 10.2. The zero-order chi connectivity index (χ0) is 17.0. The summed E-state index contributed by atoms with van der Waals surface area (Å²) in [6, 6.07) is 6.13. The van der Waals surface area contributed by atoms with Gasteiger partial charge in [0.25, 0.3) is 0 Å². The van der Waals surface area contributed by atoms with Gasteiger partial charge >= 0.3 is 5.97 Å². The fourth-order valence-corrected chi connectivity index (χ4v) is 3.30. The molecule has 0 saturated carbocycles. The third-order valence-corrected chi connectivity index (χ3v) is 4.76. The van der Waals surface area contributed by atoms with Crippen molar-refractivity contribution in [3.8, 4) is 0 Å². The molecule has 0 aliphatic carbocycles. The van der Waals surface area contributed by atoms with E-state index in [4.69, 9.17) is 5.11 Å². The van der Waals surface area contributed by atoms with Gasteiger partial charge in [0.15, 0.2) is 0 Å². The van der Waals surface area contributed by atoms with E-state index >= 15 is 0 Å². The first kappa shape index (κ1) is 17.0. The Balaban J connectivity index is 2.18. The summed E-state index contributed by atoms with van der Waals surface area (Å²) in [5, 5.41) is 9.07. The topological polar surface area (TPSA) is 109 Å². The van der Waals surface area contributed by atoms with E-state index in [-0.39, 0.29) is 16.2 Å². The Kier molecular flexibility index (Phi) is 5.07. The second-order valence-electron chi connectivity index (χ2n) is 5.16. The van der Waals surface area contributed by atoms with E-state index in [1.165, 1.54) is 6.92 Å². The minimum Gasteiger partial charge on any atom is -0.478 e. The van der Waals surface area contributed by atoms with E-state index in [1.807, 2.05) is 6.07 Å². The molecule has 0 aliphatic rings. The Bertz CT molecular complexity index is 807. The Morgan fingerprint density at radius 2 is 2.09 bits per heavy atom. The lowest BCUT2D eigenvalue weighted by Crippen LogP contribution is -2.34. The molecule has 0 saturated heterocycles. The Hall–Kier alpha value is -2.32. The molecule has 2 aromatic rings. The smallest absolute Gasteiger partial charge is 0.337 e. The maximum Gasteiger partial charge on any atom is 0.337 e. The van der Waals surface area contributed by atoms with Crippen LogP contribution >= 0.6 is 0 Å². The maximum atomic E-state index is 12.4. The molecule has 0 aliphatic heterocycles. The number of carboxylic acids is 1. The third-order valence-electron chi connectivity index (χ3n) is 3.20. The van der Waals surface area contributed by atoms with Crippen LogP contribution < -0.4 is 4.72 Å². The average molecular weight is 335 g/mol. The number of hydrogen-bond acceptors (Lipinski definition) is 5. The normalized spacial score (nSPS) is 12.8. The van der Waals surface area contributed by atoms with E-state index in [9.17, 15) is 13.2 Å². The van der Waals surface area contributed by atoms with Gasteiger partial charge in [-0.25, -0.2) is 17.9 Å². The number of carbonyl (C=O) groups is 1. The highest BCUT2D eigenvalue weighted by atomic mass is 32.2. The molecular formula is C15H17N3O4S. The van der Waals surface area contributed by atoms with Gasteiger partial charge in [-0.1, -0.05) is 6.07 Å². The van der Waals surface area contributed by atoms with Gasteiger partial charge in [0, 0.05) is 30.6 Å². The molecular weight excluding hydrogens is 318 g/mol. The van der Waals surface area contributed by atoms with E-state index in [0.29, 0.717) is 6.42 Å². The number of nitrogens with one attached hydrogen (secondary N) is 1. The van der Waals surface area contributed by atoms with Crippen LogP contribution in [0.5, 0.6) is 0 Å². The summed E-state index contributed by atoms with van der Waals surface area (Å²) < 4.78 is 27.2. The van der Waals surface area contributed by atoms with Crippen LogP contribution in [-0.4, -0.2) is 35.5 Å². The monoisotopic (exact) mass is 335 g/mol. The first-order valence-corrected chi connectivity index (χ1v) is 8.40. The second-order valence-corrected chi connectivity index (χ2v) is 6.87. The summed E-state index contributed by atoms with van der Waals surface area (Å²) in [7, 11) is -3.86. The summed E-state index contributed by atoms with van der Waals surface area (Å²) in [5.74, 6) is -1.21. The molecule has 2 N–H and O–H groups in total. The SMILES string of the molecule is Cc1ncc(S(=O)(=O)NC(C)Cc2ccccn2)cc1C(=O)O. The summed E-state index contributed by atoms with van der Waals surface area (Å²) in [6.07, 6.45) is 3.21. The standard InChI is InChI=1S/C15H17N3O4S/c1-10(7-12-5-3-4-6-16-12)18-23(21,22)13-8-14(15(19)20)11(2)17-9-13/h3-6,8-10,18H,7H2,1-2H3,(H,19,20). The van der Waals surface area contributed by atoms with Crippen molar-refractivity contribution in [2.24, 2.45) is 0 Å². The third kappa shape index (κ3) is 4.33. The number of aromatic nitrogens is 2. The highest BCUT2D eigenvalue weighted by Gasteiger charge is 2.21. The van der Waals surface area contributed by atoms with Crippen LogP contribution in [-0.2, 0) is 16.4 Å². The zero-order valence-electron chi connectivity index (χ0n) is 12.7. The van der Waals surface area contributed by atoms with Crippen molar-refractivity contribution in [3.05, 3.63) is 53.6 Å². The minimum absolute atomic E-state index is 0.134. The molecule has 0 amide bonds. The van der Waals surface area contributed by atoms with E-state index in [2.05, 4.69) is 14.7 Å². The Morgan fingerprint density at radius 1 is 1.35 bits per heavy atom. The molecule has 122 valence electrons. The van der Waals surface area contributed by atoms with Gasteiger partial charge in [-0.15, -0.1) is 0 Å².